The van der Waals surface area contributed by atoms with Crippen molar-refractivity contribution in [2.45, 2.75) is 12.8 Å². The van der Waals surface area contributed by atoms with Crippen LogP contribution in [0.4, 0.5) is 0 Å². The fraction of sp³-hybridized carbons (Fsp3) is 0.500. The summed E-state index contributed by atoms with van der Waals surface area (Å²) in [4.78, 5) is 4.35. The number of hydrogen-bond acceptors (Lipinski definition) is 1. The Bertz CT molecular complexity index is 213. The second kappa shape index (κ2) is 3.04. The quantitative estimate of drug-likeness (QED) is 0.498. The molecular weight excluding hydrogens is 134 g/mol. The summed E-state index contributed by atoms with van der Waals surface area (Å²) < 4.78 is 0. The Kier molecular flexibility index (Phi) is 1.89. The highest BCUT2D eigenvalue weighted by Gasteiger charge is 2.18. The molecule has 2 unspecified atom stereocenters. The smallest absolute Gasteiger partial charge is 0.0453 e. The van der Waals surface area contributed by atoms with Crippen molar-refractivity contribution in [3.05, 3.63) is 24.3 Å². The number of allylic oxidation sites excluding steroid dienone is 3. The van der Waals surface area contributed by atoms with Gasteiger partial charge < -0.3 is 0 Å². The first-order valence-corrected chi connectivity index (χ1v) is 4.30. The molecule has 0 bridgehead atoms. The third-order valence-corrected chi connectivity index (χ3v) is 2.45. The van der Waals surface area contributed by atoms with E-state index in [1.807, 2.05) is 0 Å². The zero-order valence-electron chi connectivity index (χ0n) is 6.61. The number of hydrogen-bond donors (Lipinski definition) is 0. The van der Waals surface area contributed by atoms with E-state index in [2.05, 4.69) is 35.5 Å². The molecule has 0 aromatic heterocycles. The van der Waals surface area contributed by atoms with E-state index in [-0.39, 0.29) is 0 Å². The Morgan fingerprint density at radius 1 is 1.09 bits per heavy atom. The summed E-state index contributed by atoms with van der Waals surface area (Å²) in [6, 6.07) is 0. The maximum absolute atomic E-state index is 4.35. The van der Waals surface area contributed by atoms with E-state index in [1.165, 1.54) is 6.42 Å². The van der Waals surface area contributed by atoms with E-state index in [4.69, 9.17) is 0 Å². The van der Waals surface area contributed by atoms with Gasteiger partial charge in [-0.05, 0) is 25.0 Å². The van der Waals surface area contributed by atoms with Crippen LogP contribution in [-0.2, 0) is 0 Å². The number of fused-ring (bicyclic) bond motifs is 1. The fourth-order valence-corrected chi connectivity index (χ4v) is 1.76. The van der Waals surface area contributed by atoms with Crippen LogP contribution < -0.4 is 0 Å². The molecule has 1 aliphatic heterocycles. The zero-order valence-corrected chi connectivity index (χ0v) is 6.61. The summed E-state index contributed by atoms with van der Waals surface area (Å²) >= 11 is 0. The zero-order chi connectivity index (χ0) is 7.52. The van der Waals surface area contributed by atoms with Gasteiger partial charge in [0.1, 0.15) is 0 Å². The van der Waals surface area contributed by atoms with Gasteiger partial charge in [-0.1, -0.05) is 24.3 Å². The van der Waals surface area contributed by atoms with Crippen LogP contribution in [0.25, 0.3) is 0 Å². The minimum Gasteiger partial charge on any atom is -0.297 e. The van der Waals surface area contributed by atoms with Gasteiger partial charge in [0, 0.05) is 12.5 Å². The van der Waals surface area contributed by atoms with Crippen molar-refractivity contribution in [1.82, 2.24) is 0 Å². The molecule has 0 fully saturated rings. The first-order valence-electron chi connectivity index (χ1n) is 4.30. The summed E-state index contributed by atoms with van der Waals surface area (Å²) in [6.45, 7) is 0.992. The predicted octanol–water partition coefficient (Wildman–Crippen LogP) is 2.21. The molecule has 0 N–H and O–H groups in total. The monoisotopic (exact) mass is 147 g/mol. The van der Waals surface area contributed by atoms with Gasteiger partial charge >= 0.3 is 0 Å². The minimum absolute atomic E-state index is 0.679. The third kappa shape index (κ3) is 1.42. The Labute approximate surface area is 67.5 Å². The third-order valence-electron chi connectivity index (χ3n) is 2.45. The van der Waals surface area contributed by atoms with Crippen molar-refractivity contribution in [2.24, 2.45) is 16.8 Å². The van der Waals surface area contributed by atoms with Crippen molar-refractivity contribution in [3.63, 3.8) is 0 Å². The molecule has 2 rings (SSSR count). The maximum Gasteiger partial charge on any atom is 0.0453 e. The lowest BCUT2D eigenvalue weighted by Gasteiger charge is -2.19. The SMILES string of the molecule is C1=CC2CCC=NCC2C=C1. The Morgan fingerprint density at radius 3 is 2.82 bits per heavy atom. The van der Waals surface area contributed by atoms with Gasteiger partial charge in [-0.2, -0.15) is 0 Å². The summed E-state index contributed by atoms with van der Waals surface area (Å²) in [7, 11) is 0. The standard InChI is InChI=1S/C10H13N/c1-2-5-10-8-11-7-3-6-9(10)4-1/h1-2,4-5,7,9-10H,3,6,8H2. The fourth-order valence-electron chi connectivity index (χ4n) is 1.76. The summed E-state index contributed by atoms with van der Waals surface area (Å²) in [6.07, 6.45) is 13.4. The Balaban J connectivity index is 2.13. The van der Waals surface area contributed by atoms with Gasteiger partial charge in [-0.15, -0.1) is 0 Å². The van der Waals surface area contributed by atoms with Crippen molar-refractivity contribution < 1.29 is 0 Å². The maximum atomic E-state index is 4.35. The molecule has 58 valence electrons. The van der Waals surface area contributed by atoms with E-state index in [1.54, 1.807) is 0 Å². The highest BCUT2D eigenvalue weighted by molar-refractivity contribution is 5.57. The van der Waals surface area contributed by atoms with Crippen LogP contribution in [0.2, 0.25) is 0 Å². The molecule has 0 aromatic rings. The molecular formula is C10H13N. The average Bonchev–Trinajstić information content (AvgIpc) is 2.28. The second-order valence-electron chi connectivity index (χ2n) is 3.22. The number of nitrogens with zero attached hydrogens (tertiary/aromatic N) is 1. The van der Waals surface area contributed by atoms with Gasteiger partial charge in [0.15, 0.2) is 0 Å². The van der Waals surface area contributed by atoms with Gasteiger partial charge in [-0.3, -0.25) is 4.99 Å². The molecule has 1 nitrogen and oxygen atoms in total. The molecule has 1 aliphatic carbocycles. The van der Waals surface area contributed by atoms with Crippen molar-refractivity contribution in [2.75, 3.05) is 6.54 Å². The molecule has 11 heavy (non-hydrogen) atoms. The first kappa shape index (κ1) is 6.84. The van der Waals surface area contributed by atoms with Gasteiger partial charge in [0.25, 0.3) is 0 Å². The van der Waals surface area contributed by atoms with Crippen LogP contribution in [0.3, 0.4) is 0 Å². The van der Waals surface area contributed by atoms with Crippen molar-refractivity contribution in [3.8, 4) is 0 Å². The van der Waals surface area contributed by atoms with Crippen LogP contribution in [-0.4, -0.2) is 12.8 Å². The first-order chi connectivity index (χ1) is 5.47. The molecule has 1 heterocycles. The van der Waals surface area contributed by atoms with E-state index < -0.39 is 0 Å². The topological polar surface area (TPSA) is 12.4 Å². The lowest BCUT2D eigenvalue weighted by molar-refractivity contribution is 0.469. The van der Waals surface area contributed by atoms with E-state index in [0.717, 1.165) is 18.9 Å². The molecule has 0 aromatic carbocycles. The summed E-state index contributed by atoms with van der Waals surface area (Å²) in [5.74, 6) is 1.43. The molecule has 2 aliphatic rings. The molecule has 2 atom stereocenters. The van der Waals surface area contributed by atoms with Crippen LogP contribution in [0, 0.1) is 11.8 Å². The lowest BCUT2D eigenvalue weighted by Crippen LogP contribution is -2.13. The largest absolute Gasteiger partial charge is 0.297 e. The summed E-state index contributed by atoms with van der Waals surface area (Å²) in [5, 5.41) is 0. The van der Waals surface area contributed by atoms with E-state index in [9.17, 15) is 0 Å². The van der Waals surface area contributed by atoms with Crippen LogP contribution in [0.15, 0.2) is 29.3 Å². The molecule has 0 spiro atoms. The molecule has 0 saturated carbocycles. The van der Waals surface area contributed by atoms with Gasteiger partial charge in [0.05, 0.1) is 0 Å². The van der Waals surface area contributed by atoms with Crippen molar-refractivity contribution in [1.29, 1.82) is 0 Å². The molecule has 1 heteroatoms. The van der Waals surface area contributed by atoms with Gasteiger partial charge in [-0.25, -0.2) is 0 Å². The van der Waals surface area contributed by atoms with Crippen LogP contribution >= 0.6 is 0 Å². The highest BCUT2D eigenvalue weighted by atomic mass is 14.7. The van der Waals surface area contributed by atoms with Crippen molar-refractivity contribution >= 4 is 6.21 Å². The summed E-state index contributed by atoms with van der Waals surface area (Å²) in [5.41, 5.74) is 0. The number of rotatable bonds is 0. The molecule has 0 amide bonds. The van der Waals surface area contributed by atoms with Gasteiger partial charge in [0.2, 0.25) is 0 Å². The minimum atomic E-state index is 0.679. The van der Waals surface area contributed by atoms with Crippen LogP contribution in [0.1, 0.15) is 12.8 Å². The Morgan fingerprint density at radius 2 is 1.91 bits per heavy atom. The lowest BCUT2D eigenvalue weighted by atomic mass is 9.86. The predicted molar refractivity (Wildman–Crippen MR) is 47.9 cm³/mol. The number of aliphatic imine (C=N–C) groups is 1. The second-order valence-corrected chi connectivity index (χ2v) is 3.22. The Hall–Kier alpha value is -0.850. The highest BCUT2D eigenvalue weighted by Crippen LogP contribution is 2.25. The molecule has 0 radical (unpaired) electrons. The van der Waals surface area contributed by atoms with E-state index in [0.29, 0.717) is 5.92 Å². The molecule has 0 saturated heterocycles. The van der Waals surface area contributed by atoms with E-state index >= 15 is 0 Å². The van der Waals surface area contributed by atoms with Crippen LogP contribution in [0.5, 0.6) is 0 Å². The normalized spacial score (nSPS) is 34.9. The average molecular weight is 147 g/mol.